The van der Waals surface area contributed by atoms with Gasteiger partial charge in [0.25, 0.3) is 0 Å². The average molecular weight is 358 g/mol. The van der Waals surface area contributed by atoms with E-state index < -0.39 is 0 Å². The number of likely N-dealkylation sites (tertiary alicyclic amines) is 1. The highest BCUT2D eigenvalue weighted by atomic mass is 19.1. The topological polar surface area (TPSA) is 71.1 Å². The molecule has 4 rings (SSSR count). The van der Waals surface area contributed by atoms with Gasteiger partial charge in [0.1, 0.15) is 11.6 Å². The fraction of sp³-hybridized carbons (Fsp3) is 0.526. The van der Waals surface area contributed by atoms with Crippen LogP contribution in [-0.4, -0.2) is 51.8 Å². The van der Waals surface area contributed by atoms with Crippen LogP contribution < -0.4 is 0 Å². The Hall–Kier alpha value is -2.28. The van der Waals surface area contributed by atoms with Crippen molar-refractivity contribution in [1.82, 2.24) is 20.1 Å². The van der Waals surface area contributed by atoms with Crippen LogP contribution in [0.1, 0.15) is 23.6 Å². The number of benzene rings is 1. The number of amides is 1. The van der Waals surface area contributed by atoms with Crippen molar-refractivity contribution in [3.05, 3.63) is 47.3 Å². The van der Waals surface area contributed by atoms with E-state index in [1.165, 1.54) is 6.07 Å². The third-order valence-electron chi connectivity index (χ3n) is 5.47. The smallest absolute Gasteiger partial charge is 0.227 e. The van der Waals surface area contributed by atoms with E-state index in [9.17, 15) is 9.18 Å². The normalized spacial score (nSPS) is 25.3. The third kappa shape index (κ3) is 3.49. The molecule has 2 saturated heterocycles. The predicted molar refractivity (Wildman–Crippen MR) is 92.8 cm³/mol. The van der Waals surface area contributed by atoms with Crippen LogP contribution in [0.2, 0.25) is 0 Å². The molecule has 7 heteroatoms. The van der Waals surface area contributed by atoms with Crippen LogP contribution in [0.5, 0.6) is 0 Å². The standard InChI is InChI=1S/C19H23FN4O2/c1-12-21-18(23-22-12)9-17-15-6-7-24(10-14(15)11-26-17)19(25)8-13-4-2-3-5-16(13)20/h2-5,14-15,17H,6-11H2,1H3,(H,21,22,23)/t14-,15-,17-/m1/s1. The van der Waals surface area contributed by atoms with Gasteiger partial charge in [0.2, 0.25) is 5.91 Å². The quantitative estimate of drug-likeness (QED) is 0.906. The molecule has 0 saturated carbocycles. The molecule has 3 atom stereocenters. The molecule has 3 heterocycles. The second-order valence-electron chi connectivity index (χ2n) is 7.23. The third-order valence-corrected chi connectivity index (χ3v) is 5.47. The average Bonchev–Trinajstić information content (AvgIpc) is 3.23. The number of fused-ring (bicyclic) bond motifs is 1. The summed E-state index contributed by atoms with van der Waals surface area (Å²) in [5.41, 5.74) is 0.458. The molecule has 0 bridgehead atoms. The highest BCUT2D eigenvalue weighted by Crippen LogP contribution is 2.35. The second-order valence-corrected chi connectivity index (χ2v) is 7.23. The Morgan fingerprint density at radius 3 is 3.04 bits per heavy atom. The van der Waals surface area contributed by atoms with Crippen LogP contribution in [0.15, 0.2) is 24.3 Å². The van der Waals surface area contributed by atoms with Gasteiger partial charge >= 0.3 is 0 Å². The monoisotopic (exact) mass is 358 g/mol. The first-order chi connectivity index (χ1) is 12.6. The number of nitrogens with zero attached hydrogens (tertiary/aromatic N) is 3. The summed E-state index contributed by atoms with van der Waals surface area (Å²) in [7, 11) is 0. The number of aryl methyl sites for hydroxylation is 1. The minimum atomic E-state index is -0.318. The Labute approximate surface area is 151 Å². The van der Waals surface area contributed by atoms with Crippen molar-refractivity contribution in [3.8, 4) is 0 Å². The van der Waals surface area contributed by atoms with Crippen molar-refractivity contribution in [2.24, 2.45) is 11.8 Å². The van der Waals surface area contributed by atoms with Gasteiger partial charge in [-0.1, -0.05) is 18.2 Å². The molecule has 2 aliphatic rings. The molecule has 1 aromatic heterocycles. The van der Waals surface area contributed by atoms with Gasteiger partial charge < -0.3 is 9.64 Å². The number of carbonyl (C=O) groups excluding carboxylic acids is 1. The predicted octanol–water partition coefficient (Wildman–Crippen LogP) is 1.90. The molecule has 26 heavy (non-hydrogen) atoms. The molecule has 0 spiro atoms. The van der Waals surface area contributed by atoms with Crippen molar-refractivity contribution in [3.63, 3.8) is 0 Å². The number of ether oxygens (including phenoxy) is 1. The molecular weight excluding hydrogens is 335 g/mol. The lowest BCUT2D eigenvalue weighted by Gasteiger charge is -2.35. The first kappa shape index (κ1) is 17.1. The highest BCUT2D eigenvalue weighted by Gasteiger charge is 2.42. The van der Waals surface area contributed by atoms with E-state index in [1.807, 2.05) is 11.8 Å². The lowest BCUT2D eigenvalue weighted by Crippen LogP contribution is -2.45. The Morgan fingerprint density at radius 2 is 2.27 bits per heavy atom. The van der Waals surface area contributed by atoms with Gasteiger partial charge in [-0.05, 0) is 30.9 Å². The molecule has 0 radical (unpaired) electrons. The van der Waals surface area contributed by atoms with E-state index in [4.69, 9.17) is 4.74 Å². The van der Waals surface area contributed by atoms with Gasteiger partial charge in [-0.3, -0.25) is 9.89 Å². The van der Waals surface area contributed by atoms with Gasteiger partial charge in [-0.15, -0.1) is 0 Å². The maximum atomic E-state index is 13.8. The fourth-order valence-electron chi connectivity index (χ4n) is 4.10. The molecule has 1 aromatic carbocycles. The summed E-state index contributed by atoms with van der Waals surface area (Å²) in [6, 6.07) is 6.47. The molecule has 2 aromatic rings. The van der Waals surface area contributed by atoms with Crippen molar-refractivity contribution in [2.45, 2.75) is 32.3 Å². The van der Waals surface area contributed by atoms with E-state index >= 15 is 0 Å². The van der Waals surface area contributed by atoms with E-state index in [0.29, 0.717) is 43.5 Å². The highest BCUT2D eigenvalue weighted by molar-refractivity contribution is 5.79. The number of halogens is 1. The molecule has 2 aliphatic heterocycles. The number of hydrogen-bond donors (Lipinski definition) is 1. The zero-order chi connectivity index (χ0) is 18.1. The molecule has 0 unspecified atom stereocenters. The Balaban J connectivity index is 1.35. The summed E-state index contributed by atoms with van der Waals surface area (Å²) in [5.74, 6) is 2.02. The largest absolute Gasteiger partial charge is 0.377 e. The molecule has 1 N–H and O–H groups in total. The van der Waals surface area contributed by atoms with Crippen LogP contribution >= 0.6 is 0 Å². The van der Waals surface area contributed by atoms with Crippen LogP contribution in [0, 0.1) is 24.6 Å². The number of aromatic nitrogens is 3. The minimum absolute atomic E-state index is 0.0124. The maximum absolute atomic E-state index is 13.8. The molecule has 2 fully saturated rings. The zero-order valence-electron chi connectivity index (χ0n) is 14.8. The van der Waals surface area contributed by atoms with E-state index in [0.717, 1.165) is 18.1 Å². The molecular formula is C19H23FN4O2. The van der Waals surface area contributed by atoms with Gasteiger partial charge in [0.15, 0.2) is 5.82 Å². The Morgan fingerprint density at radius 1 is 1.42 bits per heavy atom. The van der Waals surface area contributed by atoms with Crippen molar-refractivity contribution in [2.75, 3.05) is 19.7 Å². The van der Waals surface area contributed by atoms with Crippen molar-refractivity contribution < 1.29 is 13.9 Å². The number of nitrogens with one attached hydrogen (secondary N) is 1. The number of carbonyl (C=O) groups is 1. The van der Waals surface area contributed by atoms with E-state index in [1.54, 1.807) is 18.2 Å². The lowest BCUT2D eigenvalue weighted by atomic mass is 9.83. The van der Waals surface area contributed by atoms with E-state index in [-0.39, 0.29) is 24.2 Å². The summed E-state index contributed by atoms with van der Waals surface area (Å²) in [6.07, 6.45) is 1.83. The fourth-order valence-corrected chi connectivity index (χ4v) is 4.10. The molecule has 6 nitrogen and oxygen atoms in total. The van der Waals surface area contributed by atoms with Gasteiger partial charge in [-0.2, -0.15) is 5.10 Å². The lowest BCUT2D eigenvalue weighted by molar-refractivity contribution is -0.132. The number of aromatic amines is 1. The number of H-pyrrole nitrogens is 1. The van der Waals surface area contributed by atoms with Crippen LogP contribution in [0.25, 0.3) is 0 Å². The second kappa shape index (κ2) is 7.15. The molecule has 0 aliphatic carbocycles. The Bertz CT molecular complexity index is 793. The number of rotatable bonds is 4. The van der Waals surface area contributed by atoms with Gasteiger partial charge in [0.05, 0.1) is 19.1 Å². The van der Waals surface area contributed by atoms with Gasteiger partial charge in [0, 0.05) is 25.4 Å². The zero-order valence-corrected chi connectivity index (χ0v) is 14.8. The summed E-state index contributed by atoms with van der Waals surface area (Å²) in [6.45, 7) is 3.92. The van der Waals surface area contributed by atoms with Gasteiger partial charge in [-0.25, -0.2) is 9.37 Å². The summed E-state index contributed by atoms with van der Waals surface area (Å²) in [5, 5.41) is 7.06. The van der Waals surface area contributed by atoms with Crippen molar-refractivity contribution >= 4 is 5.91 Å². The summed E-state index contributed by atoms with van der Waals surface area (Å²) >= 11 is 0. The van der Waals surface area contributed by atoms with Crippen LogP contribution in [0.3, 0.4) is 0 Å². The Kier molecular flexibility index (Phi) is 4.72. The first-order valence-electron chi connectivity index (χ1n) is 9.11. The SMILES string of the molecule is Cc1nc(C[C@H]2OC[C@H]3CN(C(=O)Cc4ccccc4F)CC[C@H]32)n[nH]1. The number of hydrogen-bond acceptors (Lipinski definition) is 4. The molecule has 138 valence electrons. The number of piperidine rings is 1. The maximum Gasteiger partial charge on any atom is 0.227 e. The van der Waals surface area contributed by atoms with Crippen LogP contribution in [0.4, 0.5) is 4.39 Å². The summed E-state index contributed by atoms with van der Waals surface area (Å²) in [4.78, 5) is 18.8. The minimum Gasteiger partial charge on any atom is -0.377 e. The van der Waals surface area contributed by atoms with Crippen molar-refractivity contribution in [1.29, 1.82) is 0 Å². The molecule has 1 amide bonds. The van der Waals surface area contributed by atoms with E-state index in [2.05, 4.69) is 15.2 Å². The van der Waals surface area contributed by atoms with Crippen LogP contribution in [-0.2, 0) is 22.4 Å². The summed E-state index contributed by atoms with van der Waals surface area (Å²) < 4.78 is 19.8. The first-order valence-corrected chi connectivity index (χ1v) is 9.11.